The molecule has 0 aliphatic rings. The summed E-state index contributed by atoms with van der Waals surface area (Å²) in [5.74, 6) is -0.822. The number of amides is 2. The molecule has 0 saturated carbocycles. The number of carbonyl (C=O) groups is 2. The summed E-state index contributed by atoms with van der Waals surface area (Å²) in [6.45, 7) is -0.0600. The number of anilines is 3. The minimum absolute atomic E-state index is 0.0600. The van der Waals surface area contributed by atoms with Crippen LogP contribution in [0.2, 0.25) is 0 Å². The van der Waals surface area contributed by atoms with Gasteiger partial charge in [-0.3, -0.25) is 24.7 Å². The van der Waals surface area contributed by atoms with E-state index in [9.17, 15) is 32.9 Å². The highest BCUT2D eigenvalue weighted by molar-refractivity contribution is 6.04. The Bertz CT molecular complexity index is 1200. The second-order valence-electron chi connectivity index (χ2n) is 6.99. The number of pyridine rings is 1. The molecule has 0 aliphatic carbocycles. The van der Waals surface area contributed by atoms with Crippen molar-refractivity contribution in [3.8, 4) is 0 Å². The molecule has 0 radical (unpaired) electrons. The van der Waals surface area contributed by atoms with Crippen LogP contribution in [0.4, 0.5) is 35.9 Å². The fourth-order valence-corrected chi connectivity index (χ4v) is 2.92. The first-order valence-corrected chi connectivity index (χ1v) is 9.84. The maximum atomic E-state index is 12.8. The van der Waals surface area contributed by atoms with E-state index in [4.69, 9.17) is 0 Å². The number of halogens is 3. The first kappa shape index (κ1) is 24.2. The van der Waals surface area contributed by atoms with E-state index in [2.05, 4.69) is 20.9 Å². The molecule has 3 N–H and O–H groups in total. The first-order valence-electron chi connectivity index (χ1n) is 9.84. The molecule has 9 nitrogen and oxygen atoms in total. The highest BCUT2D eigenvalue weighted by Crippen LogP contribution is 2.34. The zero-order valence-electron chi connectivity index (χ0n) is 17.4. The van der Waals surface area contributed by atoms with E-state index in [0.29, 0.717) is 23.0 Å². The van der Waals surface area contributed by atoms with Gasteiger partial charge in [-0.05, 0) is 42.5 Å². The molecule has 3 rings (SSSR count). The van der Waals surface area contributed by atoms with Crippen molar-refractivity contribution in [3.05, 3.63) is 88.2 Å². The number of nitrogens with zero attached hydrogens (tertiary/aromatic N) is 2. The third-order valence-corrected chi connectivity index (χ3v) is 4.52. The number of nitro benzene ring substituents is 1. The Kier molecular flexibility index (Phi) is 7.41. The van der Waals surface area contributed by atoms with Gasteiger partial charge in [-0.25, -0.2) is 0 Å². The van der Waals surface area contributed by atoms with Crippen LogP contribution < -0.4 is 16.0 Å². The molecule has 3 aromatic rings. The third kappa shape index (κ3) is 6.51. The van der Waals surface area contributed by atoms with Gasteiger partial charge in [-0.15, -0.1) is 0 Å². The van der Waals surface area contributed by atoms with E-state index >= 15 is 0 Å². The predicted molar refractivity (Wildman–Crippen MR) is 118 cm³/mol. The maximum Gasteiger partial charge on any atom is 0.416 e. The molecule has 0 spiro atoms. The Labute approximate surface area is 191 Å². The van der Waals surface area contributed by atoms with E-state index in [-0.39, 0.29) is 24.6 Å². The molecule has 1 heterocycles. The molecule has 176 valence electrons. The van der Waals surface area contributed by atoms with E-state index in [1.54, 1.807) is 36.4 Å². The van der Waals surface area contributed by atoms with Crippen LogP contribution in [0.25, 0.3) is 0 Å². The number of carbonyl (C=O) groups excluding carboxylic acids is 2. The summed E-state index contributed by atoms with van der Waals surface area (Å²) in [4.78, 5) is 38.5. The third-order valence-electron chi connectivity index (χ3n) is 4.52. The van der Waals surface area contributed by atoms with E-state index in [1.165, 1.54) is 12.4 Å². The Morgan fingerprint density at radius 3 is 2.38 bits per heavy atom. The van der Waals surface area contributed by atoms with Crippen molar-refractivity contribution in [2.45, 2.75) is 12.6 Å². The number of benzene rings is 2. The summed E-state index contributed by atoms with van der Waals surface area (Å²) in [7, 11) is 0. The van der Waals surface area contributed by atoms with Gasteiger partial charge < -0.3 is 16.0 Å². The molecule has 1 aromatic heterocycles. The quantitative estimate of drug-likeness (QED) is 0.322. The number of hydrogen-bond donors (Lipinski definition) is 3. The van der Waals surface area contributed by atoms with Crippen molar-refractivity contribution >= 4 is 34.6 Å². The van der Waals surface area contributed by atoms with Gasteiger partial charge in [0.2, 0.25) is 5.91 Å². The number of hydrogen-bond acceptors (Lipinski definition) is 6. The van der Waals surface area contributed by atoms with Gasteiger partial charge in [0.05, 0.1) is 16.1 Å². The molecule has 2 amide bonds. The molecule has 0 aliphatic heterocycles. The van der Waals surface area contributed by atoms with Crippen molar-refractivity contribution in [2.75, 3.05) is 22.5 Å². The normalized spacial score (nSPS) is 10.9. The molecule has 0 saturated heterocycles. The Balaban J connectivity index is 1.56. The van der Waals surface area contributed by atoms with E-state index in [1.807, 2.05) is 0 Å². The molecule has 34 heavy (non-hydrogen) atoms. The average Bonchev–Trinajstić information content (AvgIpc) is 2.79. The van der Waals surface area contributed by atoms with Gasteiger partial charge in [-0.1, -0.05) is 6.07 Å². The highest BCUT2D eigenvalue weighted by Gasteiger charge is 2.33. The summed E-state index contributed by atoms with van der Waals surface area (Å²) in [6, 6.07) is 11.7. The van der Waals surface area contributed by atoms with Crippen LogP contribution in [0.15, 0.2) is 67.0 Å². The van der Waals surface area contributed by atoms with Crippen LogP contribution in [-0.2, 0) is 11.0 Å². The van der Waals surface area contributed by atoms with Gasteiger partial charge >= 0.3 is 6.18 Å². The minimum Gasteiger partial charge on any atom is -0.379 e. The van der Waals surface area contributed by atoms with Gasteiger partial charge in [0.25, 0.3) is 11.6 Å². The lowest BCUT2D eigenvalue weighted by molar-refractivity contribution is -0.384. The summed E-state index contributed by atoms with van der Waals surface area (Å²) in [5.41, 5.74) is -0.823. The van der Waals surface area contributed by atoms with E-state index < -0.39 is 28.3 Å². The van der Waals surface area contributed by atoms with Crippen LogP contribution >= 0.6 is 0 Å². The predicted octanol–water partition coefficient (Wildman–Crippen LogP) is 4.70. The largest absolute Gasteiger partial charge is 0.416 e. The minimum atomic E-state index is -4.71. The molecule has 12 heteroatoms. The summed E-state index contributed by atoms with van der Waals surface area (Å²) >= 11 is 0. The second kappa shape index (κ2) is 10.4. The lowest BCUT2D eigenvalue weighted by Gasteiger charge is -2.11. The standard InChI is InChI=1S/C22H18F3N5O4/c23-22(24,25)15-6-7-18(19(11-15)30(33)34)27-10-8-20(31)28-16-4-1-5-17(12-16)29-21(32)14-3-2-9-26-13-14/h1-7,9,11-13,27H,8,10H2,(H,28,31)(H,29,32). The first-order chi connectivity index (χ1) is 16.1. The fourth-order valence-electron chi connectivity index (χ4n) is 2.92. The van der Waals surface area contributed by atoms with E-state index in [0.717, 1.165) is 12.1 Å². The summed E-state index contributed by atoms with van der Waals surface area (Å²) in [5, 5.41) is 19.0. The highest BCUT2D eigenvalue weighted by atomic mass is 19.4. The SMILES string of the molecule is O=C(CCNc1ccc(C(F)(F)F)cc1[N+](=O)[O-])Nc1cccc(NC(=O)c2cccnc2)c1. The fraction of sp³-hybridized carbons (Fsp3) is 0.136. The average molecular weight is 473 g/mol. The number of nitro groups is 1. The van der Waals surface area contributed by atoms with Crippen molar-refractivity contribution in [3.63, 3.8) is 0 Å². The Morgan fingerprint density at radius 2 is 1.74 bits per heavy atom. The number of rotatable bonds is 8. The van der Waals surface area contributed by atoms with Crippen LogP contribution in [0.5, 0.6) is 0 Å². The Hall–Kier alpha value is -4.48. The number of aromatic nitrogens is 1. The van der Waals surface area contributed by atoms with Crippen LogP contribution in [0.1, 0.15) is 22.3 Å². The van der Waals surface area contributed by atoms with Crippen molar-refractivity contribution in [1.82, 2.24) is 4.98 Å². The van der Waals surface area contributed by atoms with Crippen molar-refractivity contribution in [1.29, 1.82) is 0 Å². The van der Waals surface area contributed by atoms with Crippen LogP contribution in [-0.4, -0.2) is 28.3 Å². The monoisotopic (exact) mass is 473 g/mol. The molecule has 0 unspecified atom stereocenters. The molecular formula is C22H18F3N5O4. The van der Waals surface area contributed by atoms with Gasteiger partial charge in [0.1, 0.15) is 5.69 Å². The topological polar surface area (TPSA) is 126 Å². The maximum absolute atomic E-state index is 12.8. The van der Waals surface area contributed by atoms with Gasteiger partial charge in [0, 0.05) is 42.8 Å². The zero-order chi connectivity index (χ0) is 24.7. The van der Waals surface area contributed by atoms with Crippen LogP contribution in [0, 0.1) is 10.1 Å². The van der Waals surface area contributed by atoms with Crippen molar-refractivity contribution in [2.24, 2.45) is 0 Å². The summed E-state index contributed by atoms with van der Waals surface area (Å²) in [6.07, 6.45) is -1.88. The summed E-state index contributed by atoms with van der Waals surface area (Å²) < 4.78 is 38.4. The lowest BCUT2D eigenvalue weighted by Crippen LogP contribution is -2.17. The van der Waals surface area contributed by atoms with Crippen LogP contribution in [0.3, 0.4) is 0 Å². The van der Waals surface area contributed by atoms with Gasteiger partial charge in [-0.2, -0.15) is 13.2 Å². The number of alkyl halides is 3. The second-order valence-corrected chi connectivity index (χ2v) is 6.99. The Morgan fingerprint density at radius 1 is 1.00 bits per heavy atom. The molecule has 2 aromatic carbocycles. The molecule has 0 fully saturated rings. The molecule has 0 atom stereocenters. The molecule has 0 bridgehead atoms. The zero-order valence-corrected chi connectivity index (χ0v) is 17.4. The smallest absolute Gasteiger partial charge is 0.379 e. The lowest BCUT2D eigenvalue weighted by atomic mass is 10.1. The molecular weight excluding hydrogens is 455 g/mol. The number of nitrogens with one attached hydrogen (secondary N) is 3. The van der Waals surface area contributed by atoms with Gasteiger partial charge in [0.15, 0.2) is 0 Å². The van der Waals surface area contributed by atoms with Crippen molar-refractivity contribution < 1.29 is 27.7 Å².